The van der Waals surface area contributed by atoms with Crippen molar-refractivity contribution in [2.75, 3.05) is 16.3 Å². The van der Waals surface area contributed by atoms with Crippen LogP contribution in [0.5, 0.6) is 5.75 Å². The molecule has 0 spiro atoms. The molecule has 3 amide bonds. The van der Waals surface area contributed by atoms with Gasteiger partial charge in [-0.15, -0.1) is 0 Å². The lowest BCUT2D eigenvalue weighted by Crippen LogP contribution is -2.30. The summed E-state index contributed by atoms with van der Waals surface area (Å²) in [4.78, 5) is 53.4. The highest BCUT2D eigenvalue weighted by Crippen LogP contribution is 2.40. The highest BCUT2D eigenvalue weighted by atomic mass is 16.5. The minimum Gasteiger partial charge on any atom is -0.426 e. The van der Waals surface area contributed by atoms with Crippen molar-refractivity contribution >= 4 is 35.1 Å². The third-order valence-corrected chi connectivity index (χ3v) is 6.68. The van der Waals surface area contributed by atoms with E-state index >= 15 is 0 Å². The van der Waals surface area contributed by atoms with Gasteiger partial charge in [0.25, 0.3) is 0 Å². The zero-order valence-electron chi connectivity index (χ0n) is 17.6. The number of amides is 3. The van der Waals surface area contributed by atoms with Crippen LogP contribution in [0.1, 0.15) is 32.1 Å². The Morgan fingerprint density at radius 3 is 2.06 bits per heavy atom. The summed E-state index contributed by atoms with van der Waals surface area (Å²) in [5, 5.41) is 0. The second-order valence-electron chi connectivity index (χ2n) is 8.67. The van der Waals surface area contributed by atoms with Gasteiger partial charge >= 0.3 is 5.97 Å². The van der Waals surface area contributed by atoms with Gasteiger partial charge in [-0.2, -0.15) is 0 Å². The third-order valence-electron chi connectivity index (χ3n) is 6.68. The second-order valence-corrected chi connectivity index (χ2v) is 8.67. The van der Waals surface area contributed by atoms with Crippen molar-refractivity contribution < 1.29 is 23.9 Å². The van der Waals surface area contributed by atoms with E-state index in [1.165, 1.54) is 4.90 Å². The molecule has 2 heterocycles. The summed E-state index contributed by atoms with van der Waals surface area (Å²) in [5.41, 5.74) is 1.26. The number of para-hydroxylation sites is 1. The van der Waals surface area contributed by atoms with Crippen LogP contribution in [-0.2, 0) is 19.2 Å². The molecule has 2 saturated heterocycles. The van der Waals surface area contributed by atoms with Gasteiger partial charge in [-0.3, -0.25) is 24.1 Å². The molecule has 164 valence electrons. The average Bonchev–Trinajstić information content (AvgIpc) is 3.33. The van der Waals surface area contributed by atoms with Crippen LogP contribution < -0.4 is 14.5 Å². The van der Waals surface area contributed by atoms with Gasteiger partial charge in [0.2, 0.25) is 17.7 Å². The van der Waals surface area contributed by atoms with Crippen LogP contribution in [0.25, 0.3) is 0 Å². The van der Waals surface area contributed by atoms with Crippen molar-refractivity contribution in [3.8, 4) is 5.75 Å². The Morgan fingerprint density at radius 1 is 0.812 bits per heavy atom. The molecule has 7 heteroatoms. The summed E-state index contributed by atoms with van der Waals surface area (Å²) < 4.78 is 5.49. The van der Waals surface area contributed by atoms with Gasteiger partial charge in [-0.25, -0.2) is 0 Å². The molecule has 3 atom stereocenters. The van der Waals surface area contributed by atoms with Gasteiger partial charge in [-0.1, -0.05) is 31.0 Å². The van der Waals surface area contributed by atoms with Crippen molar-refractivity contribution in [3.05, 3.63) is 54.6 Å². The second kappa shape index (κ2) is 8.22. The molecular formula is C25H24N2O5. The monoisotopic (exact) mass is 432 g/mol. The zero-order chi connectivity index (χ0) is 22.2. The van der Waals surface area contributed by atoms with Crippen molar-refractivity contribution in [3.63, 3.8) is 0 Å². The maximum Gasteiger partial charge on any atom is 0.316 e. The smallest absolute Gasteiger partial charge is 0.316 e. The minimum absolute atomic E-state index is 0.103. The molecule has 0 aromatic heterocycles. The average molecular weight is 432 g/mol. The van der Waals surface area contributed by atoms with Crippen LogP contribution in [0.2, 0.25) is 0 Å². The Balaban J connectivity index is 1.24. The molecule has 7 nitrogen and oxygen atoms in total. The Hall–Kier alpha value is -3.48. The summed E-state index contributed by atoms with van der Waals surface area (Å²) in [6.45, 7) is 0.277. The van der Waals surface area contributed by atoms with Crippen LogP contribution in [0.3, 0.4) is 0 Å². The minimum atomic E-state index is -0.549. The largest absolute Gasteiger partial charge is 0.426 e. The van der Waals surface area contributed by atoms with Crippen LogP contribution in [0.4, 0.5) is 11.4 Å². The van der Waals surface area contributed by atoms with Gasteiger partial charge in [0, 0.05) is 18.7 Å². The molecule has 0 radical (unpaired) electrons. The summed E-state index contributed by atoms with van der Waals surface area (Å²) in [6, 6.07) is 15.7. The number of imide groups is 1. The molecule has 5 rings (SSSR count). The van der Waals surface area contributed by atoms with Gasteiger partial charge in [-0.05, 0) is 49.2 Å². The summed E-state index contributed by atoms with van der Waals surface area (Å²) in [6.07, 6.45) is 3.59. The van der Waals surface area contributed by atoms with Crippen LogP contribution in [0.15, 0.2) is 54.6 Å². The molecular weight excluding hydrogens is 408 g/mol. The van der Waals surface area contributed by atoms with E-state index in [9.17, 15) is 19.2 Å². The lowest BCUT2D eigenvalue weighted by atomic mass is 9.81. The molecule has 1 aliphatic carbocycles. The molecule has 0 bridgehead atoms. The number of benzene rings is 2. The van der Waals surface area contributed by atoms with Crippen LogP contribution in [-0.4, -0.2) is 30.2 Å². The van der Waals surface area contributed by atoms with E-state index in [-0.39, 0.29) is 42.5 Å². The Morgan fingerprint density at radius 2 is 1.44 bits per heavy atom. The zero-order valence-corrected chi connectivity index (χ0v) is 17.6. The fraction of sp³-hybridized carbons (Fsp3) is 0.360. The Bertz CT molecular complexity index is 1040. The van der Waals surface area contributed by atoms with Gasteiger partial charge in [0.15, 0.2) is 0 Å². The standard InChI is InChI=1S/C25H24N2O5/c28-22-14-16(15-26(22)17-6-2-1-3-7-17)25(31)32-19-12-10-18(11-13-19)27-23(29)20-8-4-5-9-21(20)24(27)30/h1-3,6-7,10-13,16,20-21H,4-5,8-9,14-15H2/t16-,20-,21-/m1/s1. The first-order valence-electron chi connectivity index (χ1n) is 11.1. The molecule has 2 aromatic rings. The summed E-state index contributed by atoms with van der Waals surface area (Å²) in [5.74, 6) is -1.48. The van der Waals surface area contributed by atoms with Crippen molar-refractivity contribution in [2.45, 2.75) is 32.1 Å². The van der Waals surface area contributed by atoms with Gasteiger partial charge in [0.1, 0.15) is 5.75 Å². The number of ether oxygens (including phenoxy) is 1. The number of hydrogen-bond donors (Lipinski definition) is 0. The molecule has 3 fully saturated rings. The number of fused-ring (bicyclic) bond motifs is 1. The third kappa shape index (κ3) is 3.57. The first kappa shape index (κ1) is 20.4. The number of esters is 1. The maximum absolute atomic E-state index is 12.7. The number of carbonyl (C=O) groups excluding carboxylic acids is 4. The fourth-order valence-electron chi connectivity index (χ4n) is 5.00. The Kier molecular flexibility index (Phi) is 5.25. The number of anilines is 2. The normalized spacial score (nSPS) is 25.2. The SMILES string of the molecule is O=C(Oc1ccc(N2C(=O)[C@@H]3CCCC[C@H]3C2=O)cc1)[C@@H]1CC(=O)N(c2ccccc2)C1. The van der Waals surface area contributed by atoms with E-state index in [0.717, 1.165) is 31.4 Å². The number of hydrogen-bond acceptors (Lipinski definition) is 5. The molecule has 32 heavy (non-hydrogen) atoms. The van der Waals surface area contributed by atoms with E-state index in [1.807, 2.05) is 30.3 Å². The molecule has 0 N–H and O–H groups in total. The summed E-state index contributed by atoms with van der Waals surface area (Å²) >= 11 is 0. The van der Waals surface area contributed by atoms with E-state index in [1.54, 1.807) is 29.2 Å². The fourth-order valence-corrected chi connectivity index (χ4v) is 5.00. The lowest BCUT2D eigenvalue weighted by Gasteiger charge is -2.19. The molecule has 2 aliphatic heterocycles. The maximum atomic E-state index is 12.7. The molecule has 0 unspecified atom stereocenters. The van der Waals surface area contributed by atoms with Gasteiger partial charge in [0.05, 0.1) is 23.4 Å². The number of rotatable bonds is 4. The predicted octanol–water partition coefficient (Wildman–Crippen LogP) is 3.32. The van der Waals surface area contributed by atoms with Crippen LogP contribution >= 0.6 is 0 Å². The van der Waals surface area contributed by atoms with Crippen LogP contribution in [0, 0.1) is 17.8 Å². The highest BCUT2D eigenvalue weighted by Gasteiger charge is 2.48. The van der Waals surface area contributed by atoms with Gasteiger partial charge < -0.3 is 9.64 Å². The number of carbonyl (C=O) groups is 4. The van der Waals surface area contributed by atoms with Crippen molar-refractivity contribution in [1.29, 1.82) is 0 Å². The van der Waals surface area contributed by atoms with E-state index in [4.69, 9.17) is 4.74 Å². The molecule has 2 aromatic carbocycles. The summed E-state index contributed by atoms with van der Waals surface area (Å²) in [7, 11) is 0. The van der Waals surface area contributed by atoms with Crippen molar-refractivity contribution in [1.82, 2.24) is 0 Å². The lowest BCUT2D eigenvalue weighted by molar-refractivity contribution is -0.139. The molecule has 3 aliphatic rings. The molecule has 1 saturated carbocycles. The Labute approximate surface area is 185 Å². The number of nitrogens with zero attached hydrogens (tertiary/aromatic N) is 2. The van der Waals surface area contributed by atoms with E-state index in [2.05, 4.69) is 0 Å². The first-order valence-corrected chi connectivity index (χ1v) is 11.1. The topological polar surface area (TPSA) is 84.0 Å². The quantitative estimate of drug-likeness (QED) is 0.420. The van der Waals surface area contributed by atoms with E-state index < -0.39 is 11.9 Å². The highest BCUT2D eigenvalue weighted by molar-refractivity contribution is 6.22. The first-order chi connectivity index (χ1) is 15.5. The predicted molar refractivity (Wildman–Crippen MR) is 117 cm³/mol. The van der Waals surface area contributed by atoms with E-state index in [0.29, 0.717) is 11.4 Å². The van der Waals surface area contributed by atoms with Crippen molar-refractivity contribution in [2.24, 2.45) is 17.8 Å².